The zero-order valence-electron chi connectivity index (χ0n) is 11.8. The van der Waals surface area contributed by atoms with E-state index in [1.807, 2.05) is 30.3 Å². The number of anilines is 1. The number of benzene rings is 2. The SMILES string of the molecule is Cc1cc(F)c(N)cc1S(=O)(=O)NC(C)c1ccccc1. The number of hydrogen-bond acceptors (Lipinski definition) is 3. The zero-order chi connectivity index (χ0) is 15.6. The van der Waals surface area contributed by atoms with Crippen molar-refractivity contribution in [1.29, 1.82) is 0 Å². The van der Waals surface area contributed by atoms with Crippen molar-refractivity contribution < 1.29 is 12.8 Å². The first-order valence-corrected chi connectivity index (χ1v) is 7.92. The van der Waals surface area contributed by atoms with Crippen molar-refractivity contribution in [3.05, 3.63) is 59.4 Å². The van der Waals surface area contributed by atoms with E-state index in [1.165, 1.54) is 6.92 Å². The van der Waals surface area contributed by atoms with Gasteiger partial charge in [-0.2, -0.15) is 0 Å². The summed E-state index contributed by atoms with van der Waals surface area (Å²) in [5.41, 5.74) is 6.43. The summed E-state index contributed by atoms with van der Waals surface area (Å²) in [6.07, 6.45) is 0. The molecule has 0 aliphatic rings. The third kappa shape index (κ3) is 3.40. The van der Waals surface area contributed by atoms with Crippen LogP contribution in [0.5, 0.6) is 0 Å². The molecule has 2 aromatic rings. The highest BCUT2D eigenvalue weighted by molar-refractivity contribution is 7.89. The molecular formula is C15H17FN2O2S. The highest BCUT2D eigenvalue weighted by atomic mass is 32.2. The van der Waals surface area contributed by atoms with Gasteiger partial charge >= 0.3 is 0 Å². The molecule has 3 N–H and O–H groups in total. The topological polar surface area (TPSA) is 72.2 Å². The molecule has 0 aliphatic heterocycles. The van der Waals surface area contributed by atoms with Crippen LogP contribution in [0.4, 0.5) is 10.1 Å². The van der Waals surface area contributed by atoms with Crippen LogP contribution in [0, 0.1) is 12.7 Å². The van der Waals surface area contributed by atoms with Gasteiger partial charge in [0.2, 0.25) is 10.0 Å². The van der Waals surface area contributed by atoms with Gasteiger partial charge in [-0.1, -0.05) is 30.3 Å². The number of nitrogens with two attached hydrogens (primary N) is 1. The third-order valence-electron chi connectivity index (χ3n) is 3.22. The highest BCUT2D eigenvalue weighted by Crippen LogP contribution is 2.23. The minimum Gasteiger partial charge on any atom is -0.396 e. The van der Waals surface area contributed by atoms with Gasteiger partial charge in [-0.05, 0) is 37.1 Å². The number of halogens is 1. The molecule has 4 nitrogen and oxygen atoms in total. The van der Waals surface area contributed by atoms with Crippen LogP contribution in [0.25, 0.3) is 0 Å². The predicted octanol–water partition coefficient (Wildman–Crippen LogP) is 2.76. The lowest BCUT2D eigenvalue weighted by atomic mass is 10.1. The molecule has 2 aromatic carbocycles. The van der Waals surface area contributed by atoms with Gasteiger partial charge in [-0.25, -0.2) is 17.5 Å². The van der Waals surface area contributed by atoms with Gasteiger partial charge in [0.1, 0.15) is 5.82 Å². The molecule has 0 aliphatic carbocycles. The quantitative estimate of drug-likeness (QED) is 0.853. The lowest BCUT2D eigenvalue weighted by Gasteiger charge is -2.16. The molecule has 0 aromatic heterocycles. The monoisotopic (exact) mass is 308 g/mol. The van der Waals surface area contributed by atoms with Gasteiger partial charge in [0.15, 0.2) is 0 Å². The Morgan fingerprint density at radius 3 is 2.43 bits per heavy atom. The van der Waals surface area contributed by atoms with Crippen LogP contribution in [0.15, 0.2) is 47.4 Å². The normalized spacial score (nSPS) is 13.1. The summed E-state index contributed by atoms with van der Waals surface area (Å²) in [7, 11) is -3.77. The Bertz CT molecular complexity index is 746. The van der Waals surface area contributed by atoms with Crippen LogP contribution in [0.2, 0.25) is 0 Å². The number of rotatable bonds is 4. The molecule has 0 amide bonds. The van der Waals surface area contributed by atoms with Crippen molar-refractivity contribution in [2.45, 2.75) is 24.8 Å². The van der Waals surface area contributed by atoms with Crippen molar-refractivity contribution in [2.75, 3.05) is 5.73 Å². The summed E-state index contributed by atoms with van der Waals surface area (Å²) in [5.74, 6) is -0.623. The second-order valence-corrected chi connectivity index (χ2v) is 6.58. The summed E-state index contributed by atoms with van der Waals surface area (Å²) in [6.45, 7) is 3.28. The summed E-state index contributed by atoms with van der Waals surface area (Å²) in [5, 5.41) is 0. The molecule has 0 saturated heterocycles. The molecule has 1 atom stereocenters. The van der Waals surface area contributed by atoms with E-state index in [0.29, 0.717) is 5.56 Å². The van der Waals surface area contributed by atoms with Crippen LogP contribution in [-0.2, 0) is 10.0 Å². The lowest BCUT2D eigenvalue weighted by molar-refractivity contribution is 0.565. The molecule has 0 fully saturated rings. The van der Waals surface area contributed by atoms with Crippen molar-refractivity contribution in [1.82, 2.24) is 4.72 Å². The summed E-state index contributed by atoms with van der Waals surface area (Å²) >= 11 is 0. The minimum atomic E-state index is -3.77. The second kappa shape index (κ2) is 5.83. The molecule has 0 bridgehead atoms. The first kappa shape index (κ1) is 15.5. The average molecular weight is 308 g/mol. The van der Waals surface area contributed by atoms with E-state index in [4.69, 9.17) is 5.73 Å². The van der Waals surface area contributed by atoms with E-state index in [-0.39, 0.29) is 10.6 Å². The third-order valence-corrected chi connectivity index (χ3v) is 4.90. The largest absolute Gasteiger partial charge is 0.396 e. The standard InChI is InChI=1S/C15H17FN2O2S/c1-10-8-13(16)14(17)9-15(10)21(19,20)18-11(2)12-6-4-3-5-7-12/h3-9,11,18H,17H2,1-2H3. The predicted molar refractivity (Wildman–Crippen MR) is 80.7 cm³/mol. The molecule has 2 rings (SSSR count). The molecule has 6 heteroatoms. The van der Waals surface area contributed by atoms with Crippen molar-refractivity contribution in [3.63, 3.8) is 0 Å². The molecular weight excluding hydrogens is 291 g/mol. The molecule has 0 spiro atoms. The Morgan fingerprint density at radius 1 is 1.19 bits per heavy atom. The Hall–Kier alpha value is -1.92. The maximum Gasteiger partial charge on any atom is 0.241 e. The van der Waals surface area contributed by atoms with Gasteiger partial charge in [-0.3, -0.25) is 0 Å². The van der Waals surface area contributed by atoms with E-state index < -0.39 is 21.9 Å². The number of nitrogens with one attached hydrogen (secondary N) is 1. The fraction of sp³-hybridized carbons (Fsp3) is 0.200. The van der Waals surface area contributed by atoms with Crippen LogP contribution >= 0.6 is 0 Å². The summed E-state index contributed by atoms with van der Waals surface area (Å²) in [6, 6.07) is 11.1. The van der Waals surface area contributed by atoms with Crippen molar-refractivity contribution >= 4 is 15.7 Å². The Morgan fingerprint density at radius 2 is 1.81 bits per heavy atom. The van der Waals surface area contributed by atoms with Gasteiger partial charge < -0.3 is 5.73 Å². The van der Waals surface area contributed by atoms with Gasteiger partial charge in [-0.15, -0.1) is 0 Å². The highest BCUT2D eigenvalue weighted by Gasteiger charge is 2.21. The lowest BCUT2D eigenvalue weighted by Crippen LogP contribution is -2.27. The summed E-state index contributed by atoms with van der Waals surface area (Å²) < 4.78 is 40.7. The number of sulfonamides is 1. The first-order valence-electron chi connectivity index (χ1n) is 6.44. The first-order chi connectivity index (χ1) is 9.81. The molecule has 0 heterocycles. The van der Waals surface area contributed by atoms with Gasteiger partial charge in [0.25, 0.3) is 0 Å². The Kier molecular flexibility index (Phi) is 4.29. The average Bonchev–Trinajstić information content (AvgIpc) is 2.43. The number of nitrogen functional groups attached to an aromatic ring is 1. The fourth-order valence-electron chi connectivity index (χ4n) is 2.06. The second-order valence-electron chi connectivity index (χ2n) is 4.89. The van der Waals surface area contributed by atoms with Crippen molar-refractivity contribution in [2.24, 2.45) is 0 Å². The minimum absolute atomic E-state index is 0.0100. The van der Waals surface area contributed by atoms with Crippen LogP contribution in [0.1, 0.15) is 24.1 Å². The van der Waals surface area contributed by atoms with E-state index in [0.717, 1.165) is 17.7 Å². The molecule has 0 saturated carbocycles. The summed E-state index contributed by atoms with van der Waals surface area (Å²) in [4.78, 5) is -0.0100. The van der Waals surface area contributed by atoms with E-state index in [9.17, 15) is 12.8 Å². The van der Waals surface area contributed by atoms with Crippen LogP contribution < -0.4 is 10.5 Å². The van der Waals surface area contributed by atoms with Gasteiger partial charge in [0, 0.05) is 6.04 Å². The van der Waals surface area contributed by atoms with E-state index in [1.54, 1.807) is 6.92 Å². The number of hydrogen-bond donors (Lipinski definition) is 2. The molecule has 112 valence electrons. The van der Waals surface area contributed by atoms with Crippen LogP contribution in [-0.4, -0.2) is 8.42 Å². The van der Waals surface area contributed by atoms with Crippen molar-refractivity contribution in [3.8, 4) is 0 Å². The molecule has 0 radical (unpaired) electrons. The zero-order valence-corrected chi connectivity index (χ0v) is 12.6. The maximum atomic E-state index is 13.3. The van der Waals surface area contributed by atoms with E-state index >= 15 is 0 Å². The fourth-order valence-corrected chi connectivity index (χ4v) is 3.56. The van der Waals surface area contributed by atoms with Crippen LogP contribution in [0.3, 0.4) is 0 Å². The van der Waals surface area contributed by atoms with E-state index in [2.05, 4.69) is 4.72 Å². The Labute approximate surface area is 123 Å². The smallest absolute Gasteiger partial charge is 0.241 e. The molecule has 1 unspecified atom stereocenters. The maximum absolute atomic E-state index is 13.3. The Balaban J connectivity index is 2.33. The number of aryl methyl sites for hydroxylation is 1. The molecule has 21 heavy (non-hydrogen) atoms. The van der Waals surface area contributed by atoms with Gasteiger partial charge in [0.05, 0.1) is 10.6 Å².